The molecule has 0 aliphatic carbocycles. The third-order valence-corrected chi connectivity index (χ3v) is 7.17. The maximum atomic E-state index is 13.3. The highest BCUT2D eigenvalue weighted by Crippen LogP contribution is 2.27. The number of alkyl halides is 1. The molecule has 1 saturated heterocycles. The number of carbonyl (C=O) groups is 2. The standard InChI is InChI=1S/C22H23BrClN5O2S/c1-3-19-17(21(31)27-8-9-28(14(2)12-27)20(30)10-24)11-25-29(19)22-26-18(13-32-22)15-4-6-16(23)7-5-15/h4-7,11,13-14H,3,8-10,12H2,1-2H3. The maximum Gasteiger partial charge on any atom is 0.257 e. The first-order chi connectivity index (χ1) is 15.4. The number of carbonyl (C=O) groups excluding carboxylic acids is 2. The third-order valence-electron chi connectivity index (χ3n) is 5.60. The quantitative estimate of drug-likeness (QED) is 0.458. The Morgan fingerprint density at radius 1 is 1.25 bits per heavy atom. The lowest BCUT2D eigenvalue weighted by Gasteiger charge is -2.39. The summed E-state index contributed by atoms with van der Waals surface area (Å²) in [6.07, 6.45) is 2.28. The zero-order chi connectivity index (χ0) is 22.8. The molecule has 0 saturated carbocycles. The molecule has 3 aromatic rings. The van der Waals surface area contributed by atoms with E-state index in [1.807, 2.05) is 43.5 Å². The van der Waals surface area contributed by atoms with Crippen LogP contribution in [-0.4, -0.2) is 67.9 Å². The Labute approximate surface area is 204 Å². The molecule has 0 N–H and O–H groups in total. The summed E-state index contributed by atoms with van der Waals surface area (Å²) in [5, 5.41) is 7.22. The van der Waals surface area contributed by atoms with Gasteiger partial charge < -0.3 is 9.80 Å². The molecule has 1 fully saturated rings. The van der Waals surface area contributed by atoms with Gasteiger partial charge in [0.05, 0.1) is 23.1 Å². The number of amides is 2. The molecule has 3 heterocycles. The average Bonchev–Trinajstić information content (AvgIpc) is 3.45. The summed E-state index contributed by atoms with van der Waals surface area (Å²) in [5.74, 6) is -0.206. The van der Waals surface area contributed by atoms with Crippen molar-refractivity contribution in [1.82, 2.24) is 24.6 Å². The molecule has 0 spiro atoms. The normalized spacial score (nSPS) is 16.4. The summed E-state index contributed by atoms with van der Waals surface area (Å²) in [6.45, 7) is 5.38. The van der Waals surface area contributed by atoms with Crippen LogP contribution in [0.25, 0.3) is 16.4 Å². The molecule has 1 atom stereocenters. The molecule has 7 nitrogen and oxygen atoms in total. The molecule has 0 radical (unpaired) electrons. The van der Waals surface area contributed by atoms with Gasteiger partial charge >= 0.3 is 0 Å². The Morgan fingerprint density at radius 3 is 2.66 bits per heavy atom. The zero-order valence-corrected chi connectivity index (χ0v) is 21.0. The third kappa shape index (κ3) is 4.46. The maximum absolute atomic E-state index is 13.3. The van der Waals surface area contributed by atoms with Crippen molar-refractivity contribution < 1.29 is 9.59 Å². The van der Waals surface area contributed by atoms with Crippen LogP contribution in [0.15, 0.2) is 40.3 Å². The number of halogens is 2. The largest absolute Gasteiger partial charge is 0.335 e. The molecule has 1 unspecified atom stereocenters. The van der Waals surface area contributed by atoms with E-state index in [0.29, 0.717) is 31.6 Å². The van der Waals surface area contributed by atoms with Gasteiger partial charge in [0.2, 0.25) is 11.0 Å². The van der Waals surface area contributed by atoms with Crippen molar-refractivity contribution in [2.45, 2.75) is 26.3 Å². The minimum Gasteiger partial charge on any atom is -0.335 e. The molecule has 1 aliphatic heterocycles. The first-order valence-corrected chi connectivity index (χ1v) is 12.6. The highest BCUT2D eigenvalue weighted by Gasteiger charge is 2.31. The predicted octanol–water partition coefficient (Wildman–Crippen LogP) is 4.23. The highest BCUT2D eigenvalue weighted by molar-refractivity contribution is 9.10. The lowest BCUT2D eigenvalue weighted by molar-refractivity contribution is -0.132. The number of nitrogens with zero attached hydrogens (tertiary/aromatic N) is 5. The number of aromatic nitrogens is 3. The lowest BCUT2D eigenvalue weighted by Crippen LogP contribution is -2.55. The first kappa shape index (κ1) is 22.9. The van der Waals surface area contributed by atoms with Gasteiger partial charge in [0, 0.05) is 41.1 Å². The molecule has 10 heteroatoms. The van der Waals surface area contributed by atoms with Crippen LogP contribution in [0.1, 0.15) is 29.9 Å². The molecular weight excluding hydrogens is 514 g/mol. The van der Waals surface area contributed by atoms with Crippen LogP contribution in [0, 0.1) is 0 Å². The summed E-state index contributed by atoms with van der Waals surface area (Å²) in [6, 6.07) is 7.91. The molecule has 32 heavy (non-hydrogen) atoms. The summed E-state index contributed by atoms with van der Waals surface area (Å²) >= 11 is 10.7. The topological polar surface area (TPSA) is 71.3 Å². The SMILES string of the molecule is CCc1c(C(=O)N2CCN(C(=O)CCl)C(C)C2)cnn1-c1nc(-c2ccc(Br)cc2)cs1. The number of hydrogen-bond acceptors (Lipinski definition) is 5. The van der Waals surface area contributed by atoms with Crippen molar-refractivity contribution in [2.75, 3.05) is 25.5 Å². The Hall–Kier alpha value is -2.23. The van der Waals surface area contributed by atoms with Gasteiger partial charge in [-0.2, -0.15) is 5.10 Å². The van der Waals surface area contributed by atoms with Crippen molar-refractivity contribution in [3.05, 3.63) is 51.6 Å². The van der Waals surface area contributed by atoms with Gasteiger partial charge in [-0.15, -0.1) is 22.9 Å². The fourth-order valence-electron chi connectivity index (χ4n) is 3.93. The van der Waals surface area contributed by atoms with E-state index >= 15 is 0 Å². The second-order valence-electron chi connectivity index (χ2n) is 7.61. The van der Waals surface area contributed by atoms with Gasteiger partial charge in [-0.3, -0.25) is 9.59 Å². The monoisotopic (exact) mass is 535 g/mol. The van der Waals surface area contributed by atoms with Gasteiger partial charge in [-0.1, -0.05) is 35.0 Å². The number of thiazole rings is 1. The summed E-state index contributed by atoms with van der Waals surface area (Å²) in [5.41, 5.74) is 3.31. The number of piperazine rings is 1. The van der Waals surface area contributed by atoms with E-state index in [-0.39, 0.29) is 23.7 Å². The van der Waals surface area contributed by atoms with Crippen molar-refractivity contribution in [3.8, 4) is 16.4 Å². The minimum atomic E-state index is -0.0984. The van der Waals surface area contributed by atoms with Gasteiger partial charge in [0.1, 0.15) is 5.88 Å². The molecular formula is C22H23BrClN5O2S. The van der Waals surface area contributed by atoms with Gasteiger partial charge in [-0.05, 0) is 25.5 Å². The lowest BCUT2D eigenvalue weighted by atomic mass is 10.1. The second kappa shape index (κ2) is 9.72. The number of hydrogen-bond donors (Lipinski definition) is 0. The predicted molar refractivity (Wildman–Crippen MR) is 130 cm³/mol. The van der Waals surface area contributed by atoms with Crippen molar-refractivity contribution in [2.24, 2.45) is 0 Å². The van der Waals surface area contributed by atoms with Gasteiger partial charge in [-0.25, -0.2) is 9.67 Å². The van der Waals surface area contributed by atoms with Crippen molar-refractivity contribution >= 4 is 50.7 Å². The molecule has 0 bridgehead atoms. The average molecular weight is 537 g/mol. The van der Waals surface area contributed by atoms with Crippen LogP contribution in [-0.2, 0) is 11.2 Å². The molecule has 1 aromatic carbocycles. The van der Waals surface area contributed by atoms with E-state index in [1.165, 1.54) is 11.3 Å². The second-order valence-corrected chi connectivity index (χ2v) is 9.63. The zero-order valence-electron chi connectivity index (χ0n) is 17.8. The first-order valence-electron chi connectivity index (χ1n) is 10.4. The van der Waals surface area contributed by atoms with Gasteiger partial charge in [0.15, 0.2) is 0 Å². The van der Waals surface area contributed by atoms with Crippen LogP contribution in [0.2, 0.25) is 0 Å². The number of rotatable bonds is 5. The Morgan fingerprint density at radius 2 is 2.00 bits per heavy atom. The smallest absolute Gasteiger partial charge is 0.257 e. The van der Waals surface area contributed by atoms with E-state index in [2.05, 4.69) is 21.0 Å². The highest BCUT2D eigenvalue weighted by atomic mass is 79.9. The van der Waals surface area contributed by atoms with Crippen molar-refractivity contribution in [3.63, 3.8) is 0 Å². The summed E-state index contributed by atoms with van der Waals surface area (Å²) < 4.78 is 2.78. The fraction of sp³-hybridized carbons (Fsp3) is 0.364. The van der Waals surface area contributed by atoms with Crippen LogP contribution < -0.4 is 0 Å². The van der Waals surface area contributed by atoms with E-state index < -0.39 is 0 Å². The van der Waals surface area contributed by atoms with Crippen molar-refractivity contribution in [1.29, 1.82) is 0 Å². The Kier molecular flexibility index (Phi) is 6.97. The molecule has 2 amide bonds. The van der Waals surface area contributed by atoms with Crippen LogP contribution >= 0.6 is 38.9 Å². The minimum absolute atomic E-state index is 0.0406. The van der Waals surface area contributed by atoms with Crippen LogP contribution in [0.3, 0.4) is 0 Å². The summed E-state index contributed by atoms with van der Waals surface area (Å²) in [4.78, 5) is 33.5. The van der Waals surface area contributed by atoms with Crippen LogP contribution in [0.4, 0.5) is 0 Å². The molecule has 1 aliphatic rings. The van der Waals surface area contributed by atoms with E-state index in [9.17, 15) is 9.59 Å². The molecule has 4 rings (SSSR count). The Bertz CT molecular complexity index is 1130. The van der Waals surface area contributed by atoms with Gasteiger partial charge in [0.25, 0.3) is 5.91 Å². The summed E-state index contributed by atoms with van der Waals surface area (Å²) in [7, 11) is 0. The van der Waals surface area contributed by atoms with Crippen LogP contribution in [0.5, 0.6) is 0 Å². The number of benzene rings is 1. The van der Waals surface area contributed by atoms with E-state index in [1.54, 1.807) is 20.7 Å². The molecule has 168 valence electrons. The van der Waals surface area contributed by atoms with E-state index in [0.717, 1.165) is 26.6 Å². The molecule has 2 aromatic heterocycles. The fourth-order valence-corrected chi connectivity index (χ4v) is 5.16. The Balaban J connectivity index is 1.56. The van der Waals surface area contributed by atoms with E-state index in [4.69, 9.17) is 16.6 Å².